The molecule has 0 saturated carbocycles. The number of hydrogen-bond acceptors (Lipinski definition) is 3. The Morgan fingerprint density at radius 3 is 2.56 bits per heavy atom. The average molecular weight is 241 g/mol. The van der Waals surface area contributed by atoms with E-state index in [1.54, 1.807) is 12.1 Å². The van der Waals surface area contributed by atoms with E-state index in [0.29, 0.717) is 11.4 Å². The van der Waals surface area contributed by atoms with Crippen LogP contribution in [0.25, 0.3) is 0 Å². The van der Waals surface area contributed by atoms with Gasteiger partial charge in [-0.05, 0) is 31.5 Å². The summed E-state index contributed by atoms with van der Waals surface area (Å²) in [6.07, 6.45) is 1.53. The molecule has 0 spiro atoms. The Hall–Kier alpha value is -2.36. The summed E-state index contributed by atoms with van der Waals surface area (Å²) in [4.78, 5) is 4.12. The van der Waals surface area contributed by atoms with Gasteiger partial charge >= 0.3 is 0 Å². The van der Waals surface area contributed by atoms with Gasteiger partial charge in [-0.25, -0.2) is 4.98 Å². The highest BCUT2D eigenvalue weighted by atomic mass is 16.5. The highest BCUT2D eigenvalue weighted by Crippen LogP contribution is 2.24. The van der Waals surface area contributed by atoms with Crippen LogP contribution in [0, 0.1) is 19.3 Å². The molecule has 1 heterocycles. The van der Waals surface area contributed by atoms with Gasteiger partial charge in [0.15, 0.2) is 0 Å². The molecule has 0 radical (unpaired) electrons. The maximum atomic E-state index is 7.28. The van der Waals surface area contributed by atoms with E-state index in [2.05, 4.69) is 11.1 Å². The monoisotopic (exact) mass is 241 g/mol. The molecule has 1 aromatic carbocycles. The van der Waals surface area contributed by atoms with Crippen molar-refractivity contribution >= 4 is 5.84 Å². The standard InChI is InChI=1S/C14H15N3O/c1-9-3-5-12(10(2)7-9)18-13-6-4-11(8-17-13)14(15)16/h3-8H,1-2H3,(H3,15,16). The van der Waals surface area contributed by atoms with E-state index >= 15 is 0 Å². The summed E-state index contributed by atoms with van der Waals surface area (Å²) in [5, 5.41) is 7.28. The van der Waals surface area contributed by atoms with Crippen LogP contribution in [-0.4, -0.2) is 10.8 Å². The molecule has 0 bridgehead atoms. The first kappa shape index (κ1) is 12.1. The van der Waals surface area contributed by atoms with E-state index in [4.69, 9.17) is 15.9 Å². The summed E-state index contributed by atoms with van der Waals surface area (Å²) >= 11 is 0. The van der Waals surface area contributed by atoms with Crippen molar-refractivity contribution in [3.8, 4) is 11.6 Å². The lowest BCUT2D eigenvalue weighted by Gasteiger charge is -2.08. The second-order valence-electron chi connectivity index (χ2n) is 4.17. The van der Waals surface area contributed by atoms with Crippen LogP contribution in [0.5, 0.6) is 11.6 Å². The lowest BCUT2D eigenvalue weighted by atomic mass is 10.1. The predicted octanol–water partition coefficient (Wildman–Crippen LogP) is 2.77. The van der Waals surface area contributed by atoms with E-state index in [1.165, 1.54) is 11.8 Å². The van der Waals surface area contributed by atoms with E-state index in [0.717, 1.165) is 11.3 Å². The van der Waals surface area contributed by atoms with Crippen LogP contribution in [-0.2, 0) is 0 Å². The topological polar surface area (TPSA) is 72.0 Å². The van der Waals surface area contributed by atoms with Crippen LogP contribution in [0.4, 0.5) is 0 Å². The van der Waals surface area contributed by atoms with Gasteiger partial charge in [-0.3, -0.25) is 5.41 Å². The molecule has 92 valence electrons. The van der Waals surface area contributed by atoms with E-state index < -0.39 is 0 Å². The third kappa shape index (κ3) is 2.66. The molecule has 0 aliphatic heterocycles. The third-order valence-electron chi connectivity index (χ3n) is 2.59. The zero-order chi connectivity index (χ0) is 13.1. The van der Waals surface area contributed by atoms with Gasteiger partial charge in [0.1, 0.15) is 11.6 Å². The number of benzene rings is 1. The summed E-state index contributed by atoms with van der Waals surface area (Å²) in [7, 11) is 0. The van der Waals surface area contributed by atoms with Gasteiger partial charge in [0.2, 0.25) is 5.88 Å². The fourth-order valence-electron chi connectivity index (χ4n) is 1.63. The molecule has 1 aromatic heterocycles. The van der Waals surface area contributed by atoms with Crippen LogP contribution in [0.3, 0.4) is 0 Å². The predicted molar refractivity (Wildman–Crippen MR) is 71.2 cm³/mol. The van der Waals surface area contributed by atoms with Crippen molar-refractivity contribution in [2.45, 2.75) is 13.8 Å². The first-order valence-electron chi connectivity index (χ1n) is 5.62. The van der Waals surface area contributed by atoms with Gasteiger partial charge in [0.25, 0.3) is 0 Å². The molecule has 18 heavy (non-hydrogen) atoms. The summed E-state index contributed by atoms with van der Waals surface area (Å²) in [5.74, 6) is 1.27. The maximum Gasteiger partial charge on any atom is 0.219 e. The molecule has 0 unspecified atom stereocenters. The fourth-order valence-corrected chi connectivity index (χ4v) is 1.63. The first-order valence-corrected chi connectivity index (χ1v) is 5.62. The Morgan fingerprint density at radius 2 is 2.00 bits per heavy atom. The van der Waals surface area contributed by atoms with E-state index in [1.807, 2.05) is 26.0 Å². The van der Waals surface area contributed by atoms with Crippen molar-refractivity contribution in [2.24, 2.45) is 5.73 Å². The van der Waals surface area contributed by atoms with E-state index in [-0.39, 0.29) is 5.84 Å². The lowest BCUT2D eigenvalue weighted by molar-refractivity contribution is 0.459. The molecular weight excluding hydrogens is 226 g/mol. The number of aryl methyl sites for hydroxylation is 2. The lowest BCUT2D eigenvalue weighted by Crippen LogP contribution is -2.11. The third-order valence-corrected chi connectivity index (χ3v) is 2.59. The van der Waals surface area contributed by atoms with Crippen molar-refractivity contribution in [3.63, 3.8) is 0 Å². The number of hydrogen-bond donors (Lipinski definition) is 2. The molecule has 0 fully saturated rings. The number of nitrogens with zero attached hydrogens (tertiary/aromatic N) is 1. The number of rotatable bonds is 3. The zero-order valence-corrected chi connectivity index (χ0v) is 10.4. The highest BCUT2D eigenvalue weighted by molar-refractivity contribution is 5.94. The molecule has 2 rings (SSSR count). The second-order valence-corrected chi connectivity index (χ2v) is 4.17. The quantitative estimate of drug-likeness (QED) is 0.641. The summed E-state index contributed by atoms with van der Waals surface area (Å²) < 4.78 is 5.68. The van der Waals surface area contributed by atoms with Crippen LogP contribution >= 0.6 is 0 Å². The van der Waals surface area contributed by atoms with Gasteiger partial charge in [0.05, 0.1) is 0 Å². The Labute approximate surface area is 106 Å². The largest absolute Gasteiger partial charge is 0.439 e. The molecule has 4 heteroatoms. The summed E-state index contributed by atoms with van der Waals surface area (Å²) in [6.45, 7) is 4.03. The number of nitrogens with two attached hydrogens (primary N) is 1. The second kappa shape index (κ2) is 4.87. The smallest absolute Gasteiger partial charge is 0.219 e. The van der Waals surface area contributed by atoms with Gasteiger partial charge in [-0.15, -0.1) is 0 Å². The Bertz CT molecular complexity index is 576. The SMILES string of the molecule is Cc1ccc(Oc2ccc(C(=N)N)cn2)c(C)c1. The molecule has 4 nitrogen and oxygen atoms in total. The number of pyridine rings is 1. The van der Waals surface area contributed by atoms with Crippen LogP contribution in [0.1, 0.15) is 16.7 Å². The van der Waals surface area contributed by atoms with Gasteiger partial charge in [-0.1, -0.05) is 17.7 Å². The molecule has 2 aromatic rings. The zero-order valence-electron chi connectivity index (χ0n) is 10.4. The minimum absolute atomic E-state index is 0.000525. The first-order chi connectivity index (χ1) is 8.56. The number of nitrogen functional groups attached to an aromatic ring is 1. The number of ether oxygens (including phenoxy) is 1. The van der Waals surface area contributed by atoms with Crippen molar-refractivity contribution in [3.05, 3.63) is 53.2 Å². The van der Waals surface area contributed by atoms with Crippen LogP contribution in [0.2, 0.25) is 0 Å². The fraction of sp³-hybridized carbons (Fsp3) is 0.143. The van der Waals surface area contributed by atoms with Gasteiger partial charge in [-0.2, -0.15) is 0 Å². The Morgan fingerprint density at radius 1 is 1.22 bits per heavy atom. The number of amidine groups is 1. The molecular formula is C14H15N3O. The normalized spacial score (nSPS) is 10.1. The molecule has 3 N–H and O–H groups in total. The van der Waals surface area contributed by atoms with Gasteiger partial charge in [0, 0.05) is 17.8 Å². The minimum atomic E-state index is 0.000525. The number of aromatic nitrogens is 1. The number of nitrogens with one attached hydrogen (secondary N) is 1. The summed E-state index contributed by atoms with van der Waals surface area (Å²) in [6, 6.07) is 9.39. The van der Waals surface area contributed by atoms with Crippen molar-refractivity contribution < 1.29 is 4.74 Å². The van der Waals surface area contributed by atoms with E-state index in [9.17, 15) is 0 Å². The van der Waals surface area contributed by atoms with Crippen LogP contribution in [0.15, 0.2) is 36.5 Å². The maximum absolute atomic E-state index is 7.28. The highest BCUT2D eigenvalue weighted by Gasteiger charge is 2.03. The Kier molecular flexibility index (Phi) is 3.28. The van der Waals surface area contributed by atoms with Crippen molar-refractivity contribution in [1.29, 1.82) is 5.41 Å². The molecule has 0 saturated heterocycles. The minimum Gasteiger partial charge on any atom is -0.439 e. The Balaban J connectivity index is 2.21. The molecule has 0 atom stereocenters. The average Bonchev–Trinajstić information content (AvgIpc) is 2.33. The van der Waals surface area contributed by atoms with Crippen molar-refractivity contribution in [1.82, 2.24) is 4.98 Å². The molecule has 0 amide bonds. The van der Waals surface area contributed by atoms with Crippen LogP contribution < -0.4 is 10.5 Å². The summed E-state index contributed by atoms with van der Waals surface area (Å²) in [5.41, 5.74) is 8.20. The molecule has 0 aliphatic carbocycles. The van der Waals surface area contributed by atoms with Gasteiger partial charge < -0.3 is 10.5 Å². The molecule has 0 aliphatic rings. The van der Waals surface area contributed by atoms with Crippen molar-refractivity contribution in [2.75, 3.05) is 0 Å².